The Morgan fingerprint density at radius 2 is 1.92 bits per heavy atom. The fourth-order valence-electron chi connectivity index (χ4n) is 1.40. The standard InChI is InChI=1S/C9H20N2O/c1-7(2)6-9(3,4)8(12)11-10-5/h7,10H,6H2,1-5H3,(H,11,12). The van der Waals surface area contributed by atoms with Crippen molar-refractivity contribution < 1.29 is 4.79 Å². The minimum absolute atomic E-state index is 0.0544. The van der Waals surface area contributed by atoms with E-state index >= 15 is 0 Å². The van der Waals surface area contributed by atoms with E-state index in [9.17, 15) is 4.79 Å². The molecule has 0 unspecified atom stereocenters. The molecule has 0 aromatic carbocycles. The van der Waals surface area contributed by atoms with Gasteiger partial charge in [-0.15, -0.1) is 0 Å². The number of carbonyl (C=O) groups is 1. The topological polar surface area (TPSA) is 41.1 Å². The van der Waals surface area contributed by atoms with E-state index in [1.54, 1.807) is 7.05 Å². The first-order valence-corrected chi connectivity index (χ1v) is 4.37. The third-order valence-corrected chi connectivity index (χ3v) is 1.77. The highest BCUT2D eigenvalue weighted by Crippen LogP contribution is 2.24. The van der Waals surface area contributed by atoms with Gasteiger partial charge in [-0.2, -0.15) is 0 Å². The lowest BCUT2D eigenvalue weighted by atomic mass is 9.83. The van der Waals surface area contributed by atoms with Gasteiger partial charge in [-0.3, -0.25) is 10.2 Å². The molecule has 0 fully saturated rings. The van der Waals surface area contributed by atoms with Crippen molar-refractivity contribution in [3.8, 4) is 0 Å². The van der Waals surface area contributed by atoms with Gasteiger partial charge >= 0.3 is 0 Å². The summed E-state index contributed by atoms with van der Waals surface area (Å²) in [4.78, 5) is 11.4. The number of hydrogen-bond acceptors (Lipinski definition) is 2. The number of carbonyl (C=O) groups excluding carboxylic acids is 1. The Morgan fingerprint density at radius 3 is 2.25 bits per heavy atom. The molecule has 0 aliphatic heterocycles. The van der Waals surface area contributed by atoms with Crippen molar-refractivity contribution in [2.75, 3.05) is 7.05 Å². The van der Waals surface area contributed by atoms with Crippen LogP contribution in [-0.4, -0.2) is 13.0 Å². The molecule has 0 spiro atoms. The van der Waals surface area contributed by atoms with Crippen LogP contribution in [-0.2, 0) is 4.79 Å². The quantitative estimate of drug-likeness (QED) is 0.628. The van der Waals surface area contributed by atoms with Crippen LogP contribution in [0, 0.1) is 11.3 Å². The first kappa shape index (κ1) is 11.4. The third kappa shape index (κ3) is 3.72. The summed E-state index contributed by atoms with van der Waals surface area (Å²) in [7, 11) is 1.70. The van der Waals surface area contributed by atoms with Crippen molar-refractivity contribution in [1.82, 2.24) is 10.9 Å². The molecule has 0 atom stereocenters. The molecule has 0 heterocycles. The zero-order valence-corrected chi connectivity index (χ0v) is 8.69. The van der Waals surface area contributed by atoms with E-state index in [2.05, 4.69) is 24.7 Å². The van der Waals surface area contributed by atoms with E-state index in [0.717, 1.165) is 6.42 Å². The largest absolute Gasteiger partial charge is 0.291 e. The van der Waals surface area contributed by atoms with Crippen LogP contribution in [0.4, 0.5) is 0 Å². The van der Waals surface area contributed by atoms with Gasteiger partial charge in [-0.05, 0) is 12.3 Å². The predicted octanol–water partition coefficient (Wildman–Crippen LogP) is 1.31. The molecule has 0 aromatic rings. The van der Waals surface area contributed by atoms with E-state index in [4.69, 9.17) is 0 Å². The highest BCUT2D eigenvalue weighted by molar-refractivity contribution is 5.81. The number of rotatable bonds is 4. The zero-order valence-electron chi connectivity index (χ0n) is 8.69. The first-order valence-electron chi connectivity index (χ1n) is 4.37. The number of nitrogens with one attached hydrogen (secondary N) is 2. The van der Waals surface area contributed by atoms with Crippen LogP contribution in [0.15, 0.2) is 0 Å². The van der Waals surface area contributed by atoms with Crippen molar-refractivity contribution in [3.63, 3.8) is 0 Å². The third-order valence-electron chi connectivity index (χ3n) is 1.77. The molecule has 0 aliphatic carbocycles. The molecule has 0 saturated carbocycles. The second kappa shape index (κ2) is 4.45. The van der Waals surface area contributed by atoms with Crippen molar-refractivity contribution in [2.24, 2.45) is 11.3 Å². The summed E-state index contributed by atoms with van der Waals surface area (Å²) in [5, 5.41) is 0. The summed E-state index contributed by atoms with van der Waals surface area (Å²) in [6.07, 6.45) is 0.903. The van der Waals surface area contributed by atoms with Crippen molar-refractivity contribution in [1.29, 1.82) is 0 Å². The maximum absolute atomic E-state index is 11.4. The number of amides is 1. The maximum Gasteiger partial charge on any atom is 0.239 e. The Morgan fingerprint density at radius 1 is 1.42 bits per heavy atom. The van der Waals surface area contributed by atoms with Crippen LogP contribution in [0.5, 0.6) is 0 Å². The van der Waals surface area contributed by atoms with Gasteiger partial charge in [0.1, 0.15) is 0 Å². The SMILES string of the molecule is CNNC(=O)C(C)(C)CC(C)C. The van der Waals surface area contributed by atoms with Crippen LogP contribution in [0.25, 0.3) is 0 Å². The molecule has 0 bridgehead atoms. The van der Waals surface area contributed by atoms with E-state index in [1.165, 1.54) is 0 Å². The second-order valence-corrected chi connectivity index (χ2v) is 4.19. The lowest BCUT2D eigenvalue weighted by Gasteiger charge is -2.24. The average Bonchev–Trinajstić information content (AvgIpc) is 1.85. The molecule has 72 valence electrons. The number of hydrogen-bond donors (Lipinski definition) is 2. The summed E-state index contributed by atoms with van der Waals surface area (Å²) in [5.41, 5.74) is 4.97. The van der Waals surface area contributed by atoms with Crippen LogP contribution >= 0.6 is 0 Å². The maximum atomic E-state index is 11.4. The van der Waals surface area contributed by atoms with Gasteiger partial charge in [0.15, 0.2) is 0 Å². The fourth-order valence-corrected chi connectivity index (χ4v) is 1.40. The van der Waals surface area contributed by atoms with E-state index in [1.807, 2.05) is 13.8 Å². The van der Waals surface area contributed by atoms with Gasteiger partial charge in [-0.25, -0.2) is 5.43 Å². The Bertz CT molecular complexity index is 153. The van der Waals surface area contributed by atoms with Crippen LogP contribution in [0.1, 0.15) is 34.1 Å². The summed E-state index contributed by atoms with van der Waals surface area (Å²) >= 11 is 0. The van der Waals surface area contributed by atoms with Gasteiger partial charge in [0.05, 0.1) is 0 Å². The lowest BCUT2D eigenvalue weighted by molar-refractivity contribution is -0.131. The van der Waals surface area contributed by atoms with Gasteiger partial charge < -0.3 is 0 Å². The summed E-state index contributed by atoms with van der Waals surface area (Å²) in [5.74, 6) is 0.598. The highest BCUT2D eigenvalue weighted by Gasteiger charge is 2.27. The zero-order chi connectivity index (χ0) is 9.78. The molecule has 3 heteroatoms. The molecule has 0 aromatic heterocycles. The van der Waals surface area contributed by atoms with Crippen LogP contribution in [0.3, 0.4) is 0 Å². The highest BCUT2D eigenvalue weighted by atomic mass is 16.2. The Kier molecular flexibility index (Phi) is 4.24. The van der Waals surface area contributed by atoms with Gasteiger partial charge in [0, 0.05) is 12.5 Å². The summed E-state index contributed by atoms with van der Waals surface area (Å²) < 4.78 is 0. The van der Waals surface area contributed by atoms with Crippen molar-refractivity contribution in [2.45, 2.75) is 34.1 Å². The van der Waals surface area contributed by atoms with Crippen LogP contribution < -0.4 is 10.9 Å². The number of hydrazine groups is 1. The molecule has 3 nitrogen and oxygen atoms in total. The van der Waals surface area contributed by atoms with E-state index < -0.39 is 0 Å². The molecule has 0 aliphatic rings. The normalized spacial score (nSPS) is 11.8. The van der Waals surface area contributed by atoms with Gasteiger partial charge in [0.2, 0.25) is 5.91 Å². The summed E-state index contributed by atoms with van der Waals surface area (Å²) in [6, 6.07) is 0. The average molecular weight is 172 g/mol. The Labute approximate surface area is 74.9 Å². The predicted molar refractivity (Wildman–Crippen MR) is 50.4 cm³/mol. The minimum Gasteiger partial charge on any atom is -0.291 e. The fraction of sp³-hybridized carbons (Fsp3) is 0.889. The van der Waals surface area contributed by atoms with E-state index in [0.29, 0.717) is 5.92 Å². The molecule has 0 saturated heterocycles. The summed E-state index contributed by atoms with van der Waals surface area (Å²) in [6.45, 7) is 8.15. The van der Waals surface area contributed by atoms with Crippen molar-refractivity contribution in [3.05, 3.63) is 0 Å². The molecule has 0 radical (unpaired) electrons. The monoisotopic (exact) mass is 172 g/mol. The van der Waals surface area contributed by atoms with Gasteiger partial charge in [0.25, 0.3) is 0 Å². The Hall–Kier alpha value is -0.570. The lowest BCUT2D eigenvalue weighted by Crippen LogP contribution is -2.43. The molecule has 12 heavy (non-hydrogen) atoms. The Balaban J connectivity index is 4.09. The molecular weight excluding hydrogens is 152 g/mol. The molecule has 1 amide bonds. The molecular formula is C9H20N2O. The van der Waals surface area contributed by atoms with Crippen LogP contribution in [0.2, 0.25) is 0 Å². The van der Waals surface area contributed by atoms with Gasteiger partial charge in [-0.1, -0.05) is 27.7 Å². The first-order chi connectivity index (χ1) is 5.40. The molecule has 0 rings (SSSR count). The minimum atomic E-state index is -0.281. The van der Waals surface area contributed by atoms with Crippen molar-refractivity contribution >= 4 is 5.91 Å². The smallest absolute Gasteiger partial charge is 0.239 e. The van der Waals surface area contributed by atoms with E-state index in [-0.39, 0.29) is 11.3 Å². The second-order valence-electron chi connectivity index (χ2n) is 4.19. The molecule has 2 N–H and O–H groups in total.